The lowest BCUT2D eigenvalue weighted by Gasteiger charge is -2.25. The van der Waals surface area contributed by atoms with Crippen LogP contribution in [0.15, 0.2) is 0 Å². The highest BCUT2D eigenvalue weighted by Gasteiger charge is 2.16. The van der Waals surface area contributed by atoms with Crippen molar-refractivity contribution in [1.29, 1.82) is 0 Å². The Bertz CT molecular complexity index is 333. The fraction of sp³-hybridized carbons (Fsp3) is 0.833. The molecule has 0 aromatic carbocycles. The van der Waals surface area contributed by atoms with Gasteiger partial charge in [0, 0.05) is 30.0 Å². The molecule has 0 fully saturated rings. The van der Waals surface area contributed by atoms with Crippen LogP contribution in [-0.4, -0.2) is 40.9 Å². The van der Waals surface area contributed by atoms with Gasteiger partial charge in [-0.15, -0.1) is 0 Å². The minimum Gasteiger partial charge on any atom is -0.356 e. The number of aromatic nitrogens is 2. The first-order valence-corrected chi connectivity index (χ1v) is 6.92. The molecule has 0 radical (unpaired) electrons. The van der Waals surface area contributed by atoms with E-state index >= 15 is 0 Å². The first kappa shape index (κ1) is 14.4. The van der Waals surface area contributed by atoms with Crippen molar-refractivity contribution in [2.75, 3.05) is 26.0 Å². The molecule has 1 heterocycles. The van der Waals surface area contributed by atoms with Crippen molar-refractivity contribution in [2.24, 2.45) is 5.92 Å². The van der Waals surface area contributed by atoms with E-state index in [0.717, 1.165) is 17.5 Å². The molecular formula is C12H24N4S. The van der Waals surface area contributed by atoms with E-state index in [9.17, 15) is 0 Å². The number of hydrogen-bond acceptors (Lipinski definition) is 5. The summed E-state index contributed by atoms with van der Waals surface area (Å²) in [5.41, 5.74) is 0. The summed E-state index contributed by atoms with van der Waals surface area (Å²) in [6.07, 6.45) is 0. The van der Waals surface area contributed by atoms with Crippen LogP contribution in [0.4, 0.5) is 5.13 Å². The van der Waals surface area contributed by atoms with Gasteiger partial charge in [0.2, 0.25) is 5.13 Å². The van der Waals surface area contributed by atoms with Gasteiger partial charge in [0.25, 0.3) is 0 Å². The van der Waals surface area contributed by atoms with Crippen molar-refractivity contribution >= 4 is 16.7 Å². The third-order valence-corrected chi connectivity index (χ3v) is 3.29. The maximum absolute atomic E-state index is 4.52. The molecule has 1 aromatic heterocycles. The van der Waals surface area contributed by atoms with Gasteiger partial charge in [-0.1, -0.05) is 27.7 Å². The van der Waals surface area contributed by atoms with E-state index in [0.29, 0.717) is 17.9 Å². The molecule has 0 saturated carbocycles. The van der Waals surface area contributed by atoms with E-state index in [-0.39, 0.29) is 0 Å². The minimum atomic E-state index is 0.396. The largest absolute Gasteiger partial charge is 0.356 e. The lowest BCUT2D eigenvalue weighted by molar-refractivity contribution is 0.344. The Labute approximate surface area is 109 Å². The first-order chi connectivity index (χ1) is 7.90. The highest BCUT2D eigenvalue weighted by atomic mass is 32.1. The molecule has 0 bridgehead atoms. The summed E-state index contributed by atoms with van der Waals surface area (Å²) in [6, 6.07) is 0.415. The average molecular weight is 256 g/mol. The number of hydrogen-bond donors (Lipinski definition) is 1. The van der Waals surface area contributed by atoms with Gasteiger partial charge in [0.15, 0.2) is 0 Å². The molecule has 1 rings (SSSR count). The smallest absolute Gasteiger partial charge is 0.202 e. The van der Waals surface area contributed by atoms with Crippen molar-refractivity contribution in [3.8, 4) is 0 Å². The number of anilines is 1. The summed E-state index contributed by atoms with van der Waals surface area (Å²) in [5.74, 6) is 1.90. The maximum atomic E-state index is 4.52. The van der Waals surface area contributed by atoms with Crippen molar-refractivity contribution in [3.05, 3.63) is 5.82 Å². The van der Waals surface area contributed by atoms with E-state index in [2.05, 4.69) is 61.4 Å². The minimum absolute atomic E-state index is 0.396. The number of rotatable bonds is 6. The molecule has 0 saturated heterocycles. The third kappa shape index (κ3) is 4.60. The number of nitrogens with zero attached hydrogens (tertiary/aromatic N) is 3. The SMILES string of the molecule is CC(C)c1nsc(NC(CN(C)C)C(C)C)n1. The molecule has 98 valence electrons. The van der Waals surface area contributed by atoms with Gasteiger partial charge in [0.1, 0.15) is 5.82 Å². The second-order valence-corrected chi connectivity index (χ2v) is 6.12. The Kier molecular flexibility index (Phi) is 5.33. The summed E-state index contributed by atoms with van der Waals surface area (Å²) < 4.78 is 4.36. The summed E-state index contributed by atoms with van der Waals surface area (Å²) in [5, 5.41) is 4.43. The second kappa shape index (κ2) is 6.31. The van der Waals surface area contributed by atoms with Crippen LogP contribution in [0.25, 0.3) is 0 Å². The summed E-state index contributed by atoms with van der Waals surface area (Å²) in [4.78, 5) is 6.71. The third-order valence-electron chi connectivity index (χ3n) is 2.63. The molecule has 0 aliphatic heterocycles. The van der Waals surface area contributed by atoms with Crippen LogP contribution < -0.4 is 5.32 Å². The van der Waals surface area contributed by atoms with Gasteiger partial charge in [0.05, 0.1) is 0 Å². The molecule has 17 heavy (non-hydrogen) atoms. The number of likely N-dealkylation sites (N-methyl/N-ethyl adjacent to an activating group) is 1. The monoisotopic (exact) mass is 256 g/mol. The molecule has 0 aliphatic rings. The Hall–Kier alpha value is -0.680. The highest BCUT2D eigenvalue weighted by molar-refractivity contribution is 7.09. The Morgan fingerprint density at radius 1 is 1.24 bits per heavy atom. The molecule has 0 amide bonds. The van der Waals surface area contributed by atoms with E-state index < -0.39 is 0 Å². The van der Waals surface area contributed by atoms with Crippen molar-refractivity contribution in [2.45, 2.75) is 39.7 Å². The molecule has 0 aliphatic carbocycles. The van der Waals surface area contributed by atoms with E-state index in [4.69, 9.17) is 0 Å². The fourth-order valence-electron chi connectivity index (χ4n) is 1.50. The molecule has 0 spiro atoms. The van der Waals surface area contributed by atoms with E-state index in [1.54, 1.807) is 0 Å². The van der Waals surface area contributed by atoms with Crippen LogP contribution in [0.2, 0.25) is 0 Å². The Morgan fingerprint density at radius 2 is 1.88 bits per heavy atom. The van der Waals surface area contributed by atoms with Gasteiger partial charge >= 0.3 is 0 Å². The lowest BCUT2D eigenvalue weighted by Crippen LogP contribution is -2.36. The van der Waals surface area contributed by atoms with Gasteiger partial charge < -0.3 is 10.2 Å². The molecule has 1 N–H and O–H groups in total. The predicted octanol–water partition coefficient (Wildman–Crippen LogP) is 2.66. The first-order valence-electron chi connectivity index (χ1n) is 6.15. The summed E-state index contributed by atoms with van der Waals surface area (Å²) in [6.45, 7) is 9.70. The van der Waals surface area contributed by atoms with Gasteiger partial charge in [-0.3, -0.25) is 0 Å². The second-order valence-electron chi connectivity index (χ2n) is 5.37. The van der Waals surface area contributed by atoms with E-state index in [1.165, 1.54) is 11.5 Å². The highest BCUT2D eigenvalue weighted by Crippen LogP contribution is 2.19. The van der Waals surface area contributed by atoms with Crippen LogP contribution in [0, 0.1) is 5.92 Å². The zero-order valence-corrected chi connectivity index (χ0v) is 12.5. The zero-order chi connectivity index (χ0) is 13.0. The van der Waals surface area contributed by atoms with Crippen molar-refractivity contribution in [3.63, 3.8) is 0 Å². The predicted molar refractivity (Wildman–Crippen MR) is 74.8 cm³/mol. The molecular weight excluding hydrogens is 232 g/mol. The van der Waals surface area contributed by atoms with Crippen LogP contribution in [0.3, 0.4) is 0 Å². The number of nitrogens with one attached hydrogen (secondary N) is 1. The average Bonchev–Trinajstić information content (AvgIpc) is 2.64. The Balaban J connectivity index is 2.65. The van der Waals surface area contributed by atoms with Crippen LogP contribution >= 0.6 is 11.5 Å². The maximum Gasteiger partial charge on any atom is 0.202 e. The van der Waals surface area contributed by atoms with Crippen LogP contribution in [-0.2, 0) is 0 Å². The molecule has 1 aromatic rings. The summed E-state index contributed by atoms with van der Waals surface area (Å²) >= 11 is 1.46. The summed E-state index contributed by atoms with van der Waals surface area (Å²) in [7, 11) is 4.19. The zero-order valence-electron chi connectivity index (χ0n) is 11.7. The van der Waals surface area contributed by atoms with Crippen molar-refractivity contribution < 1.29 is 0 Å². The van der Waals surface area contributed by atoms with Gasteiger partial charge in [-0.2, -0.15) is 4.37 Å². The lowest BCUT2D eigenvalue weighted by atomic mass is 10.0. The standard InChI is InChI=1S/C12H24N4S/c1-8(2)10(7-16(5)6)13-12-14-11(9(3)4)15-17-12/h8-10H,7H2,1-6H3,(H,13,14,15). The van der Waals surface area contributed by atoms with E-state index in [1.807, 2.05) is 0 Å². The molecule has 4 nitrogen and oxygen atoms in total. The van der Waals surface area contributed by atoms with Crippen LogP contribution in [0.1, 0.15) is 39.4 Å². The molecule has 1 atom stereocenters. The topological polar surface area (TPSA) is 41.1 Å². The molecule has 5 heteroatoms. The fourth-order valence-corrected chi connectivity index (χ4v) is 2.27. The molecule has 1 unspecified atom stereocenters. The van der Waals surface area contributed by atoms with Gasteiger partial charge in [-0.25, -0.2) is 4.98 Å². The van der Waals surface area contributed by atoms with Crippen molar-refractivity contribution in [1.82, 2.24) is 14.3 Å². The van der Waals surface area contributed by atoms with Gasteiger partial charge in [-0.05, 0) is 20.0 Å². The quantitative estimate of drug-likeness (QED) is 0.849. The normalized spacial score (nSPS) is 13.7. The van der Waals surface area contributed by atoms with Crippen LogP contribution in [0.5, 0.6) is 0 Å². The Morgan fingerprint density at radius 3 is 2.29 bits per heavy atom.